The Labute approximate surface area is 163 Å². The molecule has 1 N–H and O–H groups in total. The van der Waals surface area contributed by atoms with Crippen molar-refractivity contribution in [3.05, 3.63) is 59.1 Å². The second-order valence-corrected chi connectivity index (χ2v) is 7.88. The van der Waals surface area contributed by atoms with Crippen molar-refractivity contribution in [3.63, 3.8) is 0 Å². The lowest BCUT2D eigenvalue weighted by atomic mass is 9.66. The minimum Gasteiger partial charge on any atom is -0.498 e. The molecule has 5 atom stereocenters. The molecule has 2 aliphatic heterocycles. The van der Waals surface area contributed by atoms with Crippen molar-refractivity contribution in [2.24, 2.45) is 5.92 Å². The molecular formula is C21H24N2O5. The quantitative estimate of drug-likeness (QED) is 0.849. The Hall–Kier alpha value is -2.35. The Morgan fingerprint density at radius 3 is 2.79 bits per heavy atom. The smallest absolute Gasteiger partial charge is 0.260 e. The molecule has 7 heteroatoms. The maximum absolute atomic E-state index is 11.4. The number of aliphatic hydroxyl groups excluding tert-OH is 1. The zero-order valence-corrected chi connectivity index (χ0v) is 16.2. The molecule has 3 heterocycles. The number of rotatable bonds is 5. The summed E-state index contributed by atoms with van der Waals surface area (Å²) in [4.78, 5) is 2.08. The molecule has 0 radical (unpaired) electrons. The fourth-order valence-corrected chi connectivity index (χ4v) is 5.03. The van der Waals surface area contributed by atoms with Gasteiger partial charge < -0.3 is 23.8 Å². The Balaban J connectivity index is 1.56. The molecule has 2 bridgehead atoms. The van der Waals surface area contributed by atoms with Crippen LogP contribution in [0.15, 0.2) is 46.7 Å². The fraction of sp³-hybridized carbons (Fsp3) is 0.476. The monoisotopic (exact) mass is 384 g/mol. The molecular weight excluding hydrogens is 360 g/mol. The third-order valence-corrected chi connectivity index (χ3v) is 6.15. The summed E-state index contributed by atoms with van der Waals surface area (Å²) in [6.45, 7) is 0.339. The zero-order valence-electron chi connectivity index (χ0n) is 16.2. The van der Waals surface area contributed by atoms with Crippen molar-refractivity contribution in [3.8, 4) is 5.88 Å². The standard InChI is InChI=1S/C21H24N2O5/c1-23(2)17-14-9-13-10-15(25-3)21(14,27-13)19(24)16-18(17)28-22-20(16)26-11-12-7-5-4-6-8-12/h4-8,10,13-14,17,19,24H,9,11H2,1-3H3/t13-,14+,17+,19+,21-/m1/s1. The van der Waals surface area contributed by atoms with Gasteiger partial charge in [0, 0.05) is 5.92 Å². The molecule has 0 saturated carbocycles. The van der Waals surface area contributed by atoms with Gasteiger partial charge >= 0.3 is 0 Å². The van der Waals surface area contributed by atoms with Gasteiger partial charge in [0.2, 0.25) is 0 Å². The SMILES string of the molecule is COC1=C[C@H]2C[C@H]3[C@H](N(C)C)c4onc(OCc5ccccc5)c4[C@H](O)[C@]13O2. The van der Waals surface area contributed by atoms with E-state index < -0.39 is 11.7 Å². The first kappa shape index (κ1) is 17.7. The van der Waals surface area contributed by atoms with Gasteiger partial charge in [-0.2, -0.15) is 0 Å². The summed E-state index contributed by atoms with van der Waals surface area (Å²) in [5.41, 5.74) is 0.634. The topological polar surface area (TPSA) is 77.2 Å². The van der Waals surface area contributed by atoms with E-state index in [9.17, 15) is 5.11 Å². The molecule has 1 aromatic heterocycles. The van der Waals surface area contributed by atoms with Gasteiger partial charge in [-0.25, -0.2) is 0 Å². The number of hydrogen-bond donors (Lipinski definition) is 1. The second-order valence-electron chi connectivity index (χ2n) is 7.88. The van der Waals surface area contributed by atoms with E-state index in [1.165, 1.54) is 0 Å². The van der Waals surface area contributed by atoms with E-state index in [4.69, 9.17) is 18.7 Å². The first-order chi connectivity index (χ1) is 13.6. The summed E-state index contributed by atoms with van der Waals surface area (Å²) >= 11 is 0. The molecule has 0 unspecified atom stereocenters. The highest BCUT2D eigenvalue weighted by atomic mass is 16.6. The first-order valence-corrected chi connectivity index (χ1v) is 9.51. The van der Waals surface area contributed by atoms with E-state index >= 15 is 0 Å². The van der Waals surface area contributed by atoms with Gasteiger partial charge in [0.1, 0.15) is 18.5 Å². The Bertz CT molecular complexity index is 909. The Morgan fingerprint density at radius 2 is 2.07 bits per heavy atom. The first-order valence-electron chi connectivity index (χ1n) is 9.51. The van der Waals surface area contributed by atoms with Crippen molar-refractivity contribution in [1.82, 2.24) is 10.1 Å². The van der Waals surface area contributed by atoms with Crippen LogP contribution in [0.4, 0.5) is 0 Å². The fourth-order valence-electron chi connectivity index (χ4n) is 5.03. The van der Waals surface area contributed by atoms with Crippen LogP contribution in [-0.2, 0) is 16.1 Å². The Kier molecular flexibility index (Phi) is 4.01. The minimum atomic E-state index is -0.973. The molecule has 148 valence electrons. The van der Waals surface area contributed by atoms with Gasteiger partial charge in [0.15, 0.2) is 11.4 Å². The van der Waals surface area contributed by atoms with Crippen LogP contribution in [0, 0.1) is 5.92 Å². The average Bonchev–Trinajstić information content (AvgIpc) is 3.38. The number of aromatic nitrogens is 1. The van der Waals surface area contributed by atoms with Crippen molar-refractivity contribution in [2.75, 3.05) is 21.2 Å². The molecule has 1 aliphatic carbocycles. The van der Waals surface area contributed by atoms with Gasteiger partial charge in [-0.1, -0.05) is 30.3 Å². The highest BCUT2D eigenvalue weighted by molar-refractivity contribution is 5.45. The van der Waals surface area contributed by atoms with Crippen molar-refractivity contribution in [1.29, 1.82) is 0 Å². The number of methoxy groups -OCH3 is 1. The highest BCUT2D eigenvalue weighted by Crippen LogP contribution is 2.63. The molecule has 1 fully saturated rings. The molecule has 28 heavy (non-hydrogen) atoms. The number of nitrogens with zero attached hydrogens (tertiary/aromatic N) is 2. The van der Waals surface area contributed by atoms with E-state index in [-0.39, 0.29) is 18.1 Å². The largest absolute Gasteiger partial charge is 0.498 e. The van der Waals surface area contributed by atoms with Crippen molar-refractivity contribution >= 4 is 0 Å². The van der Waals surface area contributed by atoms with Crippen LogP contribution >= 0.6 is 0 Å². The van der Waals surface area contributed by atoms with E-state index in [0.717, 1.165) is 12.0 Å². The van der Waals surface area contributed by atoms with Crippen LogP contribution in [0.1, 0.15) is 35.5 Å². The molecule has 1 aromatic carbocycles. The lowest BCUT2D eigenvalue weighted by Gasteiger charge is -2.46. The van der Waals surface area contributed by atoms with E-state index in [1.54, 1.807) is 7.11 Å². The molecule has 2 aromatic rings. The van der Waals surface area contributed by atoms with E-state index in [2.05, 4.69) is 10.1 Å². The number of fused-ring (bicyclic) bond motifs is 2. The molecule has 5 rings (SSSR count). The molecule has 0 amide bonds. The highest BCUT2D eigenvalue weighted by Gasteiger charge is 2.68. The number of hydrogen-bond acceptors (Lipinski definition) is 7. The third kappa shape index (κ3) is 2.30. The number of ether oxygens (including phenoxy) is 3. The van der Waals surface area contributed by atoms with Crippen molar-refractivity contribution < 1.29 is 23.8 Å². The summed E-state index contributed by atoms with van der Waals surface area (Å²) in [7, 11) is 5.61. The summed E-state index contributed by atoms with van der Waals surface area (Å²) in [6.07, 6.45) is 1.73. The number of aliphatic hydroxyl groups is 1. The van der Waals surface area contributed by atoms with Gasteiger partial charge in [-0.05, 0) is 37.3 Å². The summed E-state index contributed by atoms with van der Waals surface area (Å²) in [5.74, 6) is 1.63. The lowest BCUT2D eigenvalue weighted by molar-refractivity contribution is -0.132. The normalized spacial score (nSPS) is 32.8. The van der Waals surface area contributed by atoms with Crippen LogP contribution in [0.25, 0.3) is 0 Å². The second kappa shape index (κ2) is 6.34. The predicted octanol–water partition coefficient (Wildman–Crippen LogP) is 2.59. The molecule has 1 spiro atoms. The zero-order chi connectivity index (χ0) is 19.5. The van der Waals surface area contributed by atoms with Crippen LogP contribution < -0.4 is 4.74 Å². The van der Waals surface area contributed by atoms with Crippen LogP contribution in [0.2, 0.25) is 0 Å². The number of benzene rings is 1. The minimum absolute atomic E-state index is 0.00451. The maximum atomic E-state index is 11.4. The maximum Gasteiger partial charge on any atom is 0.260 e. The summed E-state index contributed by atoms with van der Waals surface area (Å²) < 4.78 is 23.6. The van der Waals surface area contributed by atoms with Crippen LogP contribution in [-0.4, -0.2) is 48.1 Å². The van der Waals surface area contributed by atoms with Gasteiger partial charge in [-0.15, -0.1) is 0 Å². The van der Waals surface area contributed by atoms with Gasteiger partial charge in [0.25, 0.3) is 5.88 Å². The van der Waals surface area contributed by atoms with Crippen LogP contribution in [0.5, 0.6) is 5.88 Å². The van der Waals surface area contributed by atoms with Gasteiger partial charge in [0.05, 0.1) is 24.8 Å². The average molecular weight is 384 g/mol. The third-order valence-electron chi connectivity index (χ3n) is 6.15. The van der Waals surface area contributed by atoms with E-state index in [0.29, 0.717) is 29.6 Å². The van der Waals surface area contributed by atoms with Crippen LogP contribution in [0.3, 0.4) is 0 Å². The molecule has 3 aliphatic rings. The van der Waals surface area contributed by atoms with E-state index in [1.807, 2.05) is 50.5 Å². The molecule has 7 nitrogen and oxygen atoms in total. The summed E-state index contributed by atoms with van der Waals surface area (Å²) in [6, 6.07) is 9.74. The van der Waals surface area contributed by atoms with Gasteiger partial charge in [-0.3, -0.25) is 4.90 Å². The lowest BCUT2D eigenvalue weighted by Crippen LogP contribution is -2.51. The van der Waals surface area contributed by atoms with Crippen molar-refractivity contribution in [2.45, 2.75) is 36.9 Å². The predicted molar refractivity (Wildman–Crippen MR) is 99.5 cm³/mol. The Morgan fingerprint density at radius 1 is 1.29 bits per heavy atom. The molecule has 1 saturated heterocycles. The summed E-state index contributed by atoms with van der Waals surface area (Å²) in [5, 5.41) is 15.6.